The number of hydrogen-bond donors (Lipinski definition) is 3. The predicted octanol–water partition coefficient (Wildman–Crippen LogP) is 4.93. The standard InChI is InChI=1S/C30H32N4O4/c1-16-15-21-7-5-6-8-23(21)29(31-16)32-22-13-11-20(12-14-22)19(4)24(30(37)38)33-25-26(28(36)27(25)35)34-17(2)9-10-18(34)3/h5-8,11-15,17-19,24,33H,9-10H2,1-4H3,(H,31,32)(H,37,38). The van der Waals surface area contributed by atoms with Gasteiger partial charge in [0.05, 0.1) is 0 Å². The molecule has 5 rings (SSSR count). The van der Waals surface area contributed by atoms with E-state index in [-0.39, 0.29) is 17.8 Å². The quantitative estimate of drug-likeness (QED) is 0.285. The van der Waals surface area contributed by atoms with Crippen molar-refractivity contribution in [2.75, 3.05) is 15.5 Å². The number of rotatable bonds is 8. The molecule has 0 radical (unpaired) electrons. The normalized spacial score (nSPS) is 19.0. The first-order valence-electron chi connectivity index (χ1n) is 13.0. The summed E-state index contributed by atoms with van der Waals surface area (Å²) in [5.74, 6) is -0.800. The van der Waals surface area contributed by atoms with Crippen molar-refractivity contribution >= 4 is 39.6 Å². The molecule has 0 amide bonds. The summed E-state index contributed by atoms with van der Waals surface area (Å²) in [6.07, 6.45) is 1.85. The van der Waals surface area contributed by atoms with E-state index in [9.17, 15) is 19.5 Å². The molecule has 4 aromatic rings. The van der Waals surface area contributed by atoms with Crippen molar-refractivity contribution in [3.05, 3.63) is 86.3 Å². The van der Waals surface area contributed by atoms with Gasteiger partial charge in [-0.05, 0) is 62.8 Å². The summed E-state index contributed by atoms with van der Waals surface area (Å²) in [6.45, 7) is 7.79. The minimum absolute atomic E-state index is 0.116. The van der Waals surface area contributed by atoms with Crippen LogP contribution in [0.15, 0.2) is 64.2 Å². The molecule has 196 valence electrons. The molecule has 4 unspecified atom stereocenters. The van der Waals surface area contributed by atoms with E-state index in [4.69, 9.17) is 0 Å². The number of carboxylic acid groups (broad SMARTS) is 1. The summed E-state index contributed by atoms with van der Waals surface area (Å²) in [5, 5.41) is 18.4. The van der Waals surface area contributed by atoms with Crippen molar-refractivity contribution in [1.29, 1.82) is 0 Å². The van der Waals surface area contributed by atoms with Gasteiger partial charge >= 0.3 is 5.97 Å². The molecule has 0 aliphatic carbocycles. The minimum atomic E-state index is -1.09. The van der Waals surface area contributed by atoms with Crippen molar-refractivity contribution < 1.29 is 9.90 Å². The second-order valence-electron chi connectivity index (χ2n) is 10.4. The third-order valence-electron chi connectivity index (χ3n) is 7.73. The highest BCUT2D eigenvalue weighted by Gasteiger charge is 2.37. The highest BCUT2D eigenvalue weighted by molar-refractivity contribution is 5.93. The van der Waals surface area contributed by atoms with E-state index < -0.39 is 28.8 Å². The zero-order chi connectivity index (χ0) is 27.1. The van der Waals surface area contributed by atoms with Gasteiger partial charge in [0.2, 0.25) is 0 Å². The summed E-state index contributed by atoms with van der Waals surface area (Å²) in [5.41, 5.74) is 1.77. The largest absolute Gasteiger partial charge is 0.480 e. The number of anilines is 4. The molecule has 1 saturated heterocycles. The van der Waals surface area contributed by atoms with Gasteiger partial charge < -0.3 is 20.6 Å². The van der Waals surface area contributed by atoms with Gasteiger partial charge in [-0.3, -0.25) is 9.59 Å². The number of hydrogen-bond acceptors (Lipinski definition) is 7. The summed E-state index contributed by atoms with van der Waals surface area (Å²) in [7, 11) is 0. The van der Waals surface area contributed by atoms with Crippen molar-refractivity contribution in [3.8, 4) is 0 Å². The molecule has 2 heterocycles. The van der Waals surface area contributed by atoms with Gasteiger partial charge in [-0.25, -0.2) is 9.78 Å². The molecule has 38 heavy (non-hydrogen) atoms. The van der Waals surface area contributed by atoms with Gasteiger partial charge in [-0.2, -0.15) is 0 Å². The zero-order valence-electron chi connectivity index (χ0n) is 22.0. The van der Waals surface area contributed by atoms with Gasteiger partial charge in [0.1, 0.15) is 23.2 Å². The SMILES string of the molecule is Cc1cc2ccccc2c(Nc2ccc(C(C)C(Nc3c(N4C(C)CCC4C)c(=O)c3=O)C(=O)O)cc2)n1. The molecular weight excluding hydrogens is 480 g/mol. The number of fused-ring (bicyclic) bond motifs is 1. The monoisotopic (exact) mass is 512 g/mol. The van der Waals surface area contributed by atoms with Crippen LogP contribution in [0, 0.1) is 6.92 Å². The number of aliphatic carboxylic acids is 1. The molecule has 4 atom stereocenters. The lowest BCUT2D eigenvalue weighted by atomic mass is 9.92. The number of aryl methyl sites for hydroxylation is 1. The number of benzene rings is 2. The van der Waals surface area contributed by atoms with E-state index in [0.717, 1.165) is 46.4 Å². The lowest BCUT2D eigenvalue weighted by molar-refractivity contribution is -0.138. The predicted molar refractivity (Wildman–Crippen MR) is 152 cm³/mol. The average molecular weight is 513 g/mol. The molecule has 1 aliphatic heterocycles. The molecule has 1 aliphatic rings. The van der Waals surface area contributed by atoms with Crippen molar-refractivity contribution in [1.82, 2.24) is 4.98 Å². The molecule has 8 nitrogen and oxygen atoms in total. The Labute approximate surface area is 221 Å². The van der Waals surface area contributed by atoms with Crippen molar-refractivity contribution in [2.45, 2.75) is 64.6 Å². The van der Waals surface area contributed by atoms with Crippen LogP contribution in [0.2, 0.25) is 0 Å². The van der Waals surface area contributed by atoms with Crippen LogP contribution in [0.5, 0.6) is 0 Å². The Bertz CT molecular complexity index is 1560. The highest BCUT2D eigenvalue weighted by atomic mass is 16.4. The Kier molecular flexibility index (Phi) is 6.65. The van der Waals surface area contributed by atoms with Gasteiger partial charge in [0.25, 0.3) is 10.9 Å². The summed E-state index contributed by atoms with van der Waals surface area (Å²) in [6, 6.07) is 16.8. The fourth-order valence-corrected chi connectivity index (χ4v) is 5.58. The molecule has 3 N–H and O–H groups in total. The van der Waals surface area contributed by atoms with Gasteiger partial charge in [-0.15, -0.1) is 0 Å². The Morgan fingerprint density at radius 1 is 1.03 bits per heavy atom. The fourth-order valence-electron chi connectivity index (χ4n) is 5.58. The van der Waals surface area contributed by atoms with E-state index in [1.807, 2.05) is 80.3 Å². The molecule has 1 aromatic heterocycles. The molecule has 8 heteroatoms. The summed E-state index contributed by atoms with van der Waals surface area (Å²) < 4.78 is 0. The topological polar surface area (TPSA) is 112 Å². The third kappa shape index (κ3) is 4.51. The van der Waals surface area contributed by atoms with Crippen molar-refractivity contribution in [2.24, 2.45) is 0 Å². The number of pyridine rings is 1. The number of nitrogens with one attached hydrogen (secondary N) is 2. The molecule has 3 aromatic carbocycles. The average Bonchev–Trinajstić information content (AvgIpc) is 3.22. The van der Waals surface area contributed by atoms with E-state index in [1.54, 1.807) is 6.92 Å². The fraction of sp³-hybridized carbons (Fsp3) is 0.333. The van der Waals surface area contributed by atoms with Crippen LogP contribution < -0.4 is 26.4 Å². The Balaban J connectivity index is 1.37. The summed E-state index contributed by atoms with van der Waals surface area (Å²) in [4.78, 5) is 43.9. The second-order valence-corrected chi connectivity index (χ2v) is 10.4. The maximum absolute atomic E-state index is 12.5. The smallest absolute Gasteiger partial charge is 0.326 e. The lowest BCUT2D eigenvalue weighted by Crippen LogP contribution is -2.48. The Morgan fingerprint density at radius 3 is 2.34 bits per heavy atom. The van der Waals surface area contributed by atoms with Gasteiger partial charge in [-0.1, -0.05) is 43.3 Å². The second kappa shape index (κ2) is 9.93. The van der Waals surface area contributed by atoms with Crippen molar-refractivity contribution in [3.63, 3.8) is 0 Å². The van der Waals surface area contributed by atoms with Crippen LogP contribution in [-0.2, 0) is 4.79 Å². The summed E-state index contributed by atoms with van der Waals surface area (Å²) >= 11 is 0. The first kappa shape index (κ1) is 25.4. The highest BCUT2D eigenvalue weighted by Crippen LogP contribution is 2.34. The number of aromatic nitrogens is 1. The van der Waals surface area contributed by atoms with Crippen LogP contribution in [0.3, 0.4) is 0 Å². The molecule has 1 fully saturated rings. The van der Waals surface area contributed by atoms with Crippen LogP contribution in [0.1, 0.15) is 50.8 Å². The third-order valence-corrected chi connectivity index (χ3v) is 7.73. The Hall–Kier alpha value is -4.20. The van der Waals surface area contributed by atoms with Crippen LogP contribution in [0.4, 0.5) is 22.9 Å². The maximum atomic E-state index is 12.5. The molecule has 0 bridgehead atoms. The lowest BCUT2D eigenvalue weighted by Gasteiger charge is -2.32. The Morgan fingerprint density at radius 2 is 1.68 bits per heavy atom. The number of carboxylic acids is 1. The first-order valence-corrected chi connectivity index (χ1v) is 13.0. The van der Waals surface area contributed by atoms with Crippen LogP contribution in [0.25, 0.3) is 10.8 Å². The van der Waals surface area contributed by atoms with Crippen LogP contribution >= 0.6 is 0 Å². The first-order chi connectivity index (χ1) is 18.2. The maximum Gasteiger partial charge on any atom is 0.326 e. The molecule has 0 spiro atoms. The minimum Gasteiger partial charge on any atom is -0.480 e. The van der Waals surface area contributed by atoms with Gasteiger partial charge in [0.15, 0.2) is 0 Å². The number of nitrogens with zero attached hydrogens (tertiary/aromatic N) is 2. The zero-order valence-corrected chi connectivity index (χ0v) is 22.0. The van der Waals surface area contributed by atoms with E-state index >= 15 is 0 Å². The van der Waals surface area contributed by atoms with E-state index in [0.29, 0.717) is 5.69 Å². The number of carbonyl (C=O) groups is 1. The van der Waals surface area contributed by atoms with Crippen LogP contribution in [-0.4, -0.2) is 34.2 Å². The van der Waals surface area contributed by atoms with E-state index in [1.165, 1.54) is 0 Å². The molecular formula is C30H32N4O4. The molecule has 0 saturated carbocycles. The van der Waals surface area contributed by atoms with Gasteiger partial charge in [0, 0.05) is 34.8 Å². The van der Waals surface area contributed by atoms with E-state index in [2.05, 4.69) is 15.6 Å².